The van der Waals surface area contributed by atoms with Gasteiger partial charge in [-0.2, -0.15) is 0 Å². The number of hydrogen-bond donors (Lipinski definition) is 1. The molecule has 134 valence electrons. The molecule has 1 atom stereocenters. The van der Waals surface area contributed by atoms with E-state index >= 15 is 0 Å². The highest BCUT2D eigenvalue weighted by Gasteiger charge is 2.08. The largest absolute Gasteiger partial charge is 0.489 e. The van der Waals surface area contributed by atoms with E-state index in [0.717, 1.165) is 5.56 Å². The molecule has 26 heavy (non-hydrogen) atoms. The van der Waals surface area contributed by atoms with E-state index in [4.69, 9.17) is 14.7 Å². The summed E-state index contributed by atoms with van der Waals surface area (Å²) in [6, 6.07) is 16.3. The Hall–Kier alpha value is -2.93. The van der Waals surface area contributed by atoms with Gasteiger partial charge in [0.05, 0.1) is 11.1 Å². The molecule has 0 aliphatic heterocycles. The van der Waals surface area contributed by atoms with Gasteiger partial charge >= 0.3 is 0 Å². The van der Waals surface area contributed by atoms with Crippen LogP contribution in [0.5, 0.6) is 11.5 Å². The number of aromatic nitrogens is 2. The minimum Gasteiger partial charge on any atom is -0.489 e. The van der Waals surface area contributed by atoms with Gasteiger partial charge in [-0.15, -0.1) is 0 Å². The van der Waals surface area contributed by atoms with Gasteiger partial charge < -0.3 is 14.7 Å². The molecule has 3 rings (SSSR count). The first-order valence-corrected chi connectivity index (χ1v) is 9.18. The molecule has 6 nitrogen and oxygen atoms in total. The summed E-state index contributed by atoms with van der Waals surface area (Å²) in [5, 5.41) is 0. The fourth-order valence-electron chi connectivity index (χ4n) is 2.31. The van der Waals surface area contributed by atoms with Crippen molar-refractivity contribution in [1.29, 1.82) is 0 Å². The summed E-state index contributed by atoms with van der Waals surface area (Å²) in [6.07, 6.45) is 3.51. The van der Waals surface area contributed by atoms with Gasteiger partial charge in [-0.05, 0) is 41.7 Å². The minimum absolute atomic E-state index is 0.459. The lowest BCUT2D eigenvalue weighted by Crippen LogP contribution is -2.36. The lowest BCUT2D eigenvalue weighted by molar-refractivity contribution is -0.700. The highest BCUT2D eigenvalue weighted by Crippen LogP contribution is 2.24. The van der Waals surface area contributed by atoms with E-state index in [1.807, 2.05) is 48.0 Å². The number of nitrogen functional groups attached to an aromatic ring is 1. The first-order chi connectivity index (χ1) is 12.6. The van der Waals surface area contributed by atoms with E-state index in [1.165, 1.54) is 0 Å². The van der Waals surface area contributed by atoms with Crippen LogP contribution >= 0.6 is 0 Å². The van der Waals surface area contributed by atoms with Crippen molar-refractivity contribution in [2.24, 2.45) is 0 Å². The number of nitrogens with two attached hydrogens (primary N) is 1. The third-order valence-corrected chi connectivity index (χ3v) is 4.54. The molecule has 0 bridgehead atoms. The van der Waals surface area contributed by atoms with Gasteiger partial charge in [-0.25, -0.2) is 8.78 Å². The molecular formula is C19H20N3O3S+. The molecule has 0 saturated heterocycles. The standard InChI is InChI=1S/C19H19N3O3S/c1-15-11-16(24-10-9-22-8-7-19(20)21-14-22)13-17(12-15)25-26(23)18-5-3-2-4-6-18/h2-8,11-14,20H,9-10H2,1H3/p+1. The van der Waals surface area contributed by atoms with Crippen molar-refractivity contribution in [3.8, 4) is 11.5 Å². The normalized spacial score (nSPS) is 11.7. The predicted octanol–water partition coefficient (Wildman–Crippen LogP) is 2.44. The van der Waals surface area contributed by atoms with E-state index in [-0.39, 0.29) is 0 Å². The van der Waals surface area contributed by atoms with E-state index in [1.54, 1.807) is 30.6 Å². The average Bonchev–Trinajstić information content (AvgIpc) is 2.64. The summed E-state index contributed by atoms with van der Waals surface area (Å²) < 4.78 is 25.5. The first kappa shape index (κ1) is 17.9. The topological polar surface area (TPSA) is 78.3 Å². The van der Waals surface area contributed by atoms with Crippen molar-refractivity contribution in [2.75, 3.05) is 12.3 Å². The summed E-state index contributed by atoms with van der Waals surface area (Å²) in [5.41, 5.74) is 6.53. The molecule has 7 heteroatoms. The molecule has 1 aromatic heterocycles. The van der Waals surface area contributed by atoms with Gasteiger partial charge in [-0.1, -0.05) is 18.2 Å². The summed E-state index contributed by atoms with van der Waals surface area (Å²) in [6.45, 7) is 3.03. The minimum atomic E-state index is -1.57. The summed E-state index contributed by atoms with van der Waals surface area (Å²) >= 11 is -1.57. The van der Waals surface area contributed by atoms with Gasteiger partial charge in [0, 0.05) is 12.1 Å². The molecule has 3 aromatic rings. The number of nitrogens with zero attached hydrogens (tertiary/aromatic N) is 2. The molecule has 0 aliphatic rings. The smallest absolute Gasteiger partial charge is 0.288 e. The van der Waals surface area contributed by atoms with Crippen LogP contribution in [0.2, 0.25) is 0 Å². The first-order valence-electron chi connectivity index (χ1n) is 8.10. The van der Waals surface area contributed by atoms with Crippen molar-refractivity contribution in [3.63, 3.8) is 0 Å². The van der Waals surface area contributed by atoms with Gasteiger partial charge in [0.15, 0.2) is 0 Å². The van der Waals surface area contributed by atoms with Crippen molar-refractivity contribution in [1.82, 2.24) is 4.98 Å². The fourth-order valence-corrected chi connectivity index (χ4v) is 3.05. The third-order valence-electron chi connectivity index (χ3n) is 3.54. The maximum atomic E-state index is 12.3. The van der Waals surface area contributed by atoms with Crippen LogP contribution in [0.1, 0.15) is 5.56 Å². The van der Waals surface area contributed by atoms with Gasteiger partial charge in [0.2, 0.25) is 16.9 Å². The van der Waals surface area contributed by atoms with Crippen LogP contribution in [0.3, 0.4) is 0 Å². The fraction of sp³-hybridized carbons (Fsp3) is 0.158. The average molecular weight is 370 g/mol. The van der Waals surface area contributed by atoms with E-state index in [0.29, 0.717) is 35.4 Å². The number of ether oxygens (including phenoxy) is 1. The zero-order valence-electron chi connectivity index (χ0n) is 14.4. The number of benzene rings is 2. The van der Waals surface area contributed by atoms with Crippen molar-refractivity contribution in [2.45, 2.75) is 18.4 Å². The van der Waals surface area contributed by atoms with Gasteiger partial charge in [-0.3, -0.25) is 0 Å². The Balaban J connectivity index is 1.62. The monoisotopic (exact) mass is 370 g/mol. The Morgan fingerprint density at radius 2 is 1.88 bits per heavy atom. The highest BCUT2D eigenvalue weighted by molar-refractivity contribution is 7.80. The number of aryl methyl sites for hydroxylation is 1. The van der Waals surface area contributed by atoms with Crippen molar-refractivity contribution < 1.29 is 17.7 Å². The number of hydrogen-bond acceptors (Lipinski definition) is 5. The van der Waals surface area contributed by atoms with Gasteiger partial charge in [0.1, 0.15) is 24.7 Å². The molecule has 2 aromatic carbocycles. The Kier molecular flexibility index (Phi) is 5.80. The van der Waals surface area contributed by atoms with Gasteiger partial charge in [0.25, 0.3) is 6.33 Å². The summed E-state index contributed by atoms with van der Waals surface area (Å²) in [5.74, 6) is 1.65. The SMILES string of the molecule is Cc1cc(OCC[n+]2ccc(N)nc2)cc(OS(=O)c2ccccc2)c1. The second kappa shape index (κ2) is 8.44. The van der Waals surface area contributed by atoms with E-state index in [9.17, 15) is 4.21 Å². The molecule has 1 unspecified atom stereocenters. The summed E-state index contributed by atoms with van der Waals surface area (Å²) in [7, 11) is 0. The van der Waals surface area contributed by atoms with Crippen LogP contribution in [-0.2, 0) is 17.6 Å². The molecular weight excluding hydrogens is 350 g/mol. The van der Waals surface area contributed by atoms with Crippen LogP contribution in [0, 0.1) is 6.92 Å². The predicted molar refractivity (Wildman–Crippen MR) is 99.0 cm³/mol. The molecule has 0 fully saturated rings. The molecule has 0 amide bonds. The lowest BCUT2D eigenvalue weighted by atomic mass is 10.2. The molecule has 2 N–H and O–H groups in total. The van der Waals surface area contributed by atoms with Crippen molar-refractivity contribution >= 4 is 16.9 Å². The molecule has 0 radical (unpaired) electrons. The Bertz CT molecular complexity index is 886. The van der Waals surface area contributed by atoms with Crippen molar-refractivity contribution in [3.05, 3.63) is 72.7 Å². The maximum absolute atomic E-state index is 12.3. The summed E-state index contributed by atoms with van der Waals surface area (Å²) in [4.78, 5) is 4.64. The Labute approximate surface area is 154 Å². The second-order valence-corrected chi connectivity index (χ2v) is 6.79. The number of rotatable bonds is 7. The molecule has 1 heterocycles. The number of anilines is 1. The van der Waals surface area contributed by atoms with Crippen LogP contribution in [-0.4, -0.2) is 15.8 Å². The zero-order valence-corrected chi connectivity index (χ0v) is 15.2. The van der Waals surface area contributed by atoms with Crippen LogP contribution < -0.4 is 19.2 Å². The Morgan fingerprint density at radius 3 is 2.62 bits per heavy atom. The van der Waals surface area contributed by atoms with E-state index < -0.39 is 11.1 Å². The third kappa shape index (κ3) is 5.03. The highest BCUT2D eigenvalue weighted by atomic mass is 32.2. The maximum Gasteiger partial charge on any atom is 0.288 e. The lowest BCUT2D eigenvalue weighted by Gasteiger charge is -2.10. The van der Waals surface area contributed by atoms with E-state index in [2.05, 4.69) is 4.98 Å². The Morgan fingerprint density at radius 1 is 1.12 bits per heavy atom. The quantitative estimate of drug-likeness (QED) is 0.646. The van der Waals surface area contributed by atoms with Crippen LogP contribution in [0.4, 0.5) is 5.82 Å². The zero-order chi connectivity index (χ0) is 18.4. The molecule has 0 aliphatic carbocycles. The molecule has 0 spiro atoms. The molecule has 0 saturated carbocycles. The van der Waals surface area contributed by atoms with Crippen LogP contribution in [0.15, 0.2) is 72.0 Å². The van der Waals surface area contributed by atoms with Crippen LogP contribution in [0.25, 0.3) is 0 Å². The second-order valence-electron chi connectivity index (χ2n) is 5.68.